The lowest BCUT2D eigenvalue weighted by Crippen LogP contribution is -2.24. The van der Waals surface area contributed by atoms with Crippen LogP contribution in [0.2, 0.25) is 10.2 Å². The average Bonchev–Trinajstić information content (AvgIpc) is 3.71. The number of aromatic nitrogens is 7. The van der Waals surface area contributed by atoms with Crippen molar-refractivity contribution in [1.82, 2.24) is 34.7 Å². The summed E-state index contributed by atoms with van der Waals surface area (Å²) in [7, 11) is 0. The molecule has 5 heterocycles. The first-order valence-electron chi connectivity index (χ1n) is 12.2. The van der Waals surface area contributed by atoms with E-state index in [0.29, 0.717) is 46.8 Å². The summed E-state index contributed by atoms with van der Waals surface area (Å²) in [4.78, 5) is 34.1. The number of imidazole rings is 1. The molecule has 6 rings (SSSR count). The van der Waals surface area contributed by atoms with E-state index in [1.807, 2.05) is 23.6 Å². The monoisotopic (exact) mass is 581 g/mol. The van der Waals surface area contributed by atoms with Crippen LogP contribution in [0.5, 0.6) is 0 Å². The van der Waals surface area contributed by atoms with Crippen LogP contribution in [0.4, 0.5) is 0 Å². The number of tetrazole rings is 1. The van der Waals surface area contributed by atoms with Crippen molar-refractivity contribution in [2.45, 2.75) is 32.2 Å². The second-order valence-corrected chi connectivity index (χ2v) is 10.8. The lowest BCUT2D eigenvalue weighted by molar-refractivity contribution is -0.142. The number of nitrogens with one attached hydrogen (secondary N) is 1. The predicted octanol–water partition coefficient (Wildman–Crippen LogP) is 4.89. The van der Waals surface area contributed by atoms with E-state index in [-0.39, 0.29) is 24.0 Å². The van der Waals surface area contributed by atoms with Crippen molar-refractivity contribution in [3.05, 3.63) is 85.0 Å². The zero-order valence-electron chi connectivity index (χ0n) is 20.6. The largest absolute Gasteiger partial charge is 0.466 e. The molecule has 0 amide bonds. The molecule has 1 N–H and O–H groups in total. The number of benzene rings is 1. The molecule has 0 unspecified atom stereocenters. The number of carbonyl (C=O) groups excluding carboxylic acids is 1. The number of carbonyl (C=O) groups is 1. The van der Waals surface area contributed by atoms with E-state index in [0.717, 1.165) is 27.3 Å². The quantitative estimate of drug-likeness (QED) is 0.271. The van der Waals surface area contributed by atoms with Gasteiger partial charge in [0.1, 0.15) is 23.0 Å². The Kier molecular flexibility index (Phi) is 6.79. The normalized spacial score (nSPS) is 14.5. The third kappa shape index (κ3) is 4.88. The molecular formula is C26H21Cl2N7O3S. The molecule has 39 heavy (non-hydrogen) atoms. The maximum absolute atomic E-state index is 13.5. The molecule has 0 fully saturated rings. The van der Waals surface area contributed by atoms with Crippen LogP contribution in [0.25, 0.3) is 28.1 Å². The summed E-state index contributed by atoms with van der Waals surface area (Å²) in [6, 6.07) is 10.6. The minimum Gasteiger partial charge on any atom is -0.466 e. The highest BCUT2D eigenvalue weighted by Crippen LogP contribution is 2.37. The highest BCUT2D eigenvalue weighted by Gasteiger charge is 2.29. The van der Waals surface area contributed by atoms with Crippen molar-refractivity contribution in [1.29, 1.82) is 0 Å². The molecule has 0 saturated carbocycles. The first-order valence-corrected chi connectivity index (χ1v) is 13.8. The van der Waals surface area contributed by atoms with Gasteiger partial charge in [-0.25, -0.2) is 4.98 Å². The number of aromatic amines is 1. The maximum atomic E-state index is 13.5. The Bertz CT molecular complexity index is 1740. The number of esters is 1. The first-order chi connectivity index (χ1) is 18.9. The van der Waals surface area contributed by atoms with Gasteiger partial charge in [-0.05, 0) is 66.1 Å². The minimum absolute atomic E-state index is 0.158. The van der Waals surface area contributed by atoms with Crippen LogP contribution in [0.15, 0.2) is 52.9 Å². The van der Waals surface area contributed by atoms with Gasteiger partial charge in [-0.15, -0.1) is 16.4 Å². The number of aryl methyl sites for hydroxylation is 1. The maximum Gasteiger partial charge on any atom is 0.311 e. The Morgan fingerprint density at radius 1 is 1.21 bits per heavy atom. The average molecular weight is 582 g/mol. The molecule has 0 saturated heterocycles. The van der Waals surface area contributed by atoms with Crippen LogP contribution in [-0.4, -0.2) is 47.3 Å². The first kappa shape index (κ1) is 25.5. The Morgan fingerprint density at radius 2 is 2.08 bits per heavy atom. The van der Waals surface area contributed by atoms with Gasteiger partial charge in [0, 0.05) is 38.2 Å². The van der Waals surface area contributed by atoms with Crippen LogP contribution in [0.1, 0.15) is 35.8 Å². The zero-order chi connectivity index (χ0) is 27.1. The van der Waals surface area contributed by atoms with Crippen molar-refractivity contribution in [2.24, 2.45) is 0 Å². The zero-order valence-corrected chi connectivity index (χ0v) is 22.9. The van der Waals surface area contributed by atoms with Crippen LogP contribution < -0.4 is 5.56 Å². The molecule has 1 aliphatic heterocycles. The molecule has 0 radical (unpaired) electrons. The molecule has 0 aliphatic carbocycles. The van der Waals surface area contributed by atoms with Crippen LogP contribution >= 0.6 is 34.5 Å². The van der Waals surface area contributed by atoms with Gasteiger partial charge >= 0.3 is 5.97 Å². The lowest BCUT2D eigenvalue weighted by Gasteiger charge is -2.15. The molecule has 5 aromatic rings. The fourth-order valence-electron chi connectivity index (χ4n) is 4.89. The Balaban J connectivity index is 1.32. The fourth-order valence-corrected chi connectivity index (χ4v) is 6.16. The SMILES string of the molecule is CCOC(=O)Cc1cc(-c2nc([C@@H]3CCc4cc(-c5cc(Cl)ccc5-n5cnnn5)cc(=O)n43)[nH]c2Cl)cs1. The molecule has 1 aromatic carbocycles. The number of pyridine rings is 1. The summed E-state index contributed by atoms with van der Waals surface area (Å²) in [5.74, 6) is 0.336. The van der Waals surface area contributed by atoms with Gasteiger partial charge in [-0.2, -0.15) is 4.68 Å². The van der Waals surface area contributed by atoms with Crippen molar-refractivity contribution in [3.8, 4) is 28.1 Å². The molecular weight excluding hydrogens is 561 g/mol. The van der Waals surface area contributed by atoms with Crippen LogP contribution in [0.3, 0.4) is 0 Å². The number of fused-ring (bicyclic) bond motifs is 1. The molecule has 0 bridgehead atoms. The Morgan fingerprint density at radius 3 is 2.87 bits per heavy atom. The molecule has 0 spiro atoms. The highest BCUT2D eigenvalue weighted by atomic mass is 35.5. The summed E-state index contributed by atoms with van der Waals surface area (Å²) in [5.41, 5.74) is 4.30. The van der Waals surface area contributed by atoms with Gasteiger partial charge in [0.05, 0.1) is 24.8 Å². The van der Waals surface area contributed by atoms with E-state index < -0.39 is 0 Å². The molecule has 1 atom stereocenters. The van der Waals surface area contributed by atoms with E-state index in [4.69, 9.17) is 32.9 Å². The van der Waals surface area contributed by atoms with Gasteiger partial charge in [-0.3, -0.25) is 9.59 Å². The van der Waals surface area contributed by atoms with Gasteiger partial charge in [0.25, 0.3) is 5.56 Å². The van der Waals surface area contributed by atoms with Gasteiger partial charge in [0.15, 0.2) is 0 Å². The molecule has 4 aromatic heterocycles. The second kappa shape index (κ2) is 10.4. The van der Waals surface area contributed by atoms with Gasteiger partial charge in [0.2, 0.25) is 0 Å². The van der Waals surface area contributed by atoms with Crippen LogP contribution in [0, 0.1) is 0 Å². The summed E-state index contributed by atoms with van der Waals surface area (Å²) in [5, 5.41) is 14.3. The third-order valence-corrected chi connectivity index (χ3v) is 7.99. The number of rotatable bonds is 7. The smallest absolute Gasteiger partial charge is 0.311 e. The van der Waals surface area contributed by atoms with Crippen molar-refractivity contribution >= 4 is 40.5 Å². The van der Waals surface area contributed by atoms with Crippen molar-refractivity contribution in [2.75, 3.05) is 6.61 Å². The van der Waals surface area contributed by atoms with Crippen molar-refractivity contribution in [3.63, 3.8) is 0 Å². The molecule has 1 aliphatic rings. The molecule has 198 valence electrons. The number of H-pyrrole nitrogens is 1. The number of thiophene rings is 1. The number of halogens is 2. The highest BCUT2D eigenvalue weighted by molar-refractivity contribution is 7.10. The Labute approximate surface area is 236 Å². The number of ether oxygens (including phenoxy) is 1. The van der Waals surface area contributed by atoms with E-state index in [1.165, 1.54) is 22.3 Å². The lowest BCUT2D eigenvalue weighted by atomic mass is 10.0. The minimum atomic E-state index is -0.288. The number of nitrogens with zero attached hydrogens (tertiary/aromatic N) is 6. The molecule has 10 nitrogen and oxygen atoms in total. The molecule has 13 heteroatoms. The standard InChI is InChI=1S/C26H21Cl2N7O3S/c1-2-38-23(37)11-18-8-15(12-39-18)24-25(28)31-26(30-24)21-6-4-17-7-14(9-22(36)35(17)21)19-10-16(27)3-5-20(19)34-13-29-32-33-34/h3,5,7-10,12-13,21H,2,4,6,11H2,1H3,(H,30,31)/t21-/m0/s1. The van der Waals surface area contributed by atoms with E-state index in [1.54, 1.807) is 29.7 Å². The summed E-state index contributed by atoms with van der Waals surface area (Å²) in [6.07, 6.45) is 3.07. The predicted molar refractivity (Wildman–Crippen MR) is 148 cm³/mol. The topological polar surface area (TPSA) is 121 Å². The number of hydrogen-bond acceptors (Lipinski definition) is 8. The van der Waals surface area contributed by atoms with Crippen LogP contribution in [-0.2, 0) is 22.4 Å². The van der Waals surface area contributed by atoms with Gasteiger partial charge in [-0.1, -0.05) is 23.2 Å². The van der Waals surface area contributed by atoms with Crippen molar-refractivity contribution < 1.29 is 9.53 Å². The Hall–Kier alpha value is -3.80. The summed E-state index contributed by atoms with van der Waals surface area (Å²) in [6.45, 7) is 2.12. The van der Waals surface area contributed by atoms with E-state index >= 15 is 0 Å². The second-order valence-electron chi connectivity index (χ2n) is 8.98. The number of hydrogen-bond donors (Lipinski definition) is 1. The fraction of sp³-hybridized carbons (Fsp3) is 0.231. The third-order valence-electron chi connectivity index (χ3n) is 6.54. The van der Waals surface area contributed by atoms with Gasteiger partial charge < -0.3 is 14.3 Å². The van der Waals surface area contributed by atoms with E-state index in [2.05, 4.69) is 20.5 Å². The summed E-state index contributed by atoms with van der Waals surface area (Å²) >= 11 is 14.3. The van der Waals surface area contributed by atoms with E-state index in [9.17, 15) is 9.59 Å². The summed E-state index contributed by atoms with van der Waals surface area (Å²) < 4.78 is 8.33.